The number of nitrogens with zero attached hydrogens (tertiary/aromatic N) is 2. The van der Waals surface area contributed by atoms with Gasteiger partial charge in [0.25, 0.3) is 11.8 Å². The molecule has 6 rings (SSSR count). The highest BCUT2D eigenvalue weighted by Crippen LogP contribution is 2.32. The number of ketones is 1. The Morgan fingerprint density at radius 2 is 1.70 bits per heavy atom. The lowest BCUT2D eigenvalue weighted by atomic mass is 9.92. The van der Waals surface area contributed by atoms with E-state index < -0.39 is 12.3 Å². The van der Waals surface area contributed by atoms with Crippen molar-refractivity contribution in [2.45, 2.75) is 57.0 Å². The lowest BCUT2D eigenvalue weighted by Gasteiger charge is -2.22. The number of Topliss-reactive ketones (excluding diaryl/α,β-unsaturated/α-hetero) is 1. The van der Waals surface area contributed by atoms with Crippen molar-refractivity contribution in [1.29, 1.82) is 0 Å². The standard InChI is InChI=1S/C35H33ClN4O4/c1-3-26(31(41)34-40-28-15-9-10-16-30(28)43-34)39-35-32(44-35)29(19-21(2)22-11-5-4-6-12-22)38-33(42)23-17-18-27(37-20-23)24-13-7-8-14-25(24)36/h4-18,20-21,26,29,32,35,39H,3,19H2,1-2H3,(H,38,42)/t21-,26-,29-,32?,35?/m0/s1. The number of hydrogen-bond acceptors (Lipinski definition) is 7. The SMILES string of the molecule is CC[C@H](NC1OC1[C@H](C[C@H](C)c1ccccc1)NC(=O)c1ccc(-c2ccccc2Cl)nc1)C(=O)c1nc2ccccc2o1. The van der Waals surface area contributed by atoms with E-state index in [0.717, 1.165) is 5.56 Å². The predicted molar refractivity (Wildman–Crippen MR) is 170 cm³/mol. The molecular formula is C35H33ClN4O4. The first kappa shape index (κ1) is 29.7. The van der Waals surface area contributed by atoms with Crippen molar-refractivity contribution in [1.82, 2.24) is 20.6 Å². The average Bonchev–Trinajstić information content (AvgIpc) is 3.69. The van der Waals surface area contributed by atoms with E-state index in [1.54, 1.807) is 24.4 Å². The summed E-state index contributed by atoms with van der Waals surface area (Å²) in [5, 5.41) is 7.10. The Balaban J connectivity index is 1.16. The van der Waals surface area contributed by atoms with E-state index in [4.69, 9.17) is 20.8 Å². The number of hydrogen-bond donors (Lipinski definition) is 2. The second kappa shape index (κ2) is 13.1. The molecule has 1 aliphatic heterocycles. The smallest absolute Gasteiger partial charge is 0.265 e. The lowest BCUT2D eigenvalue weighted by Crippen LogP contribution is -2.44. The van der Waals surface area contributed by atoms with Gasteiger partial charge in [-0.05, 0) is 54.7 Å². The molecule has 9 heteroatoms. The van der Waals surface area contributed by atoms with E-state index in [9.17, 15) is 9.59 Å². The number of nitrogens with one attached hydrogen (secondary N) is 2. The molecule has 0 bridgehead atoms. The zero-order valence-corrected chi connectivity index (χ0v) is 25.2. The first-order valence-corrected chi connectivity index (χ1v) is 15.2. The summed E-state index contributed by atoms with van der Waals surface area (Å²) in [6, 6.07) is 27.6. The quantitative estimate of drug-likeness (QED) is 0.118. The van der Waals surface area contributed by atoms with Crippen molar-refractivity contribution in [2.24, 2.45) is 0 Å². The summed E-state index contributed by atoms with van der Waals surface area (Å²) in [7, 11) is 0. The van der Waals surface area contributed by atoms with Gasteiger partial charge < -0.3 is 14.5 Å². The number of rotatable bonds is 12. The van der Waals surface area contributed by atoms with Crippen LogP contribution in [0.15, 0.2) is 102 Å². The molecule has 5 atom stereocenters. The number of benzene rings is 3. The highest BCUT2D eigenvalue weighted by molar-refractivity contribution is 6.33. The summed E-state index contributed by atoms with van der Waals surface area (Å²) in [4.78, 5) is 35.6. The third-order valence-corrected chi connectivity index (χ3v) is 8.31. The van der Waals surface area contributed by atoms with Gasteiger partial charge in [0, 0.05) is 16.8 Å². The zero-order chi connectivity index (χ0) is 30.6. The number of fused-ring (bicyclic) bond motifs is 1. The van der Waals surface area contributed by atoms with Crippen molar-refractivity contribution in [3.63, 3.8) is 0 Å². The van der Waals surface area contributed by atoms with Crippen LogP contribution in [0.2, 0.25) is 5.02 Å². The maximum atomic E-state index is 13.5. The molecule has 5 aromatic rings. The number of para-hydroxylation sites is 2. The van der Waals surface area contributed by atoms with Crippen LogP contribution in [0.5, 0.6) is 0 Å². The summed E-state index contributed by atoms with van der Waals surface area (Å²) in [5.41, 5.74) is 4.29. The molecule has 1 amide bonds. The number of carbonyl (C=O) groups is 2. The fourth-order valence-corrected chi connectivity index (χ4v) is 5.68. The molecule has 0 radical (unpaired) electrons. The highest BCUT2D eigenvalue weighted by atomic mass is 35.5. The second-order valence-corrected chi connectivity index (χ2v) is 11.4. The average molecular weight is 609 g/mol. The maximum absolute atomic E-state index is 13.5. The molecular weight excluding hydrogens is 576 g/mol. The van der Waals surface area contributed by atoms with Crippen molar-refractivity contribution in [3.8, 4) is 11.3 Å². The van der Waals surface area contributed by atoms with E-state index >= 15 is 0 Å². The van der Waals surface area contributed by atoms with Gasteiger partial charge in [-0.2, -0.15) is 0 Å². The van der Waals surface area contributed by atoms with Crippen LogP contribution in [-0.2, 0) is 4.74 Å². The molecule has 0 spiro atoms. The van der Waals surface area contributed by atoms with E-state index in [0.29, 0.717) is 40.2 Å². The van der Waals surface area contributed by atoms with E-state index in [1.807, 2.05) is 67.6 Å². The van der Waals surface area contributed by atoms with Gasteiger partial charge in [0.1, 0.15) is 17.8 Å². The Labute approximate surface area is 260 Å². The number of pyridine rings is 1. The van der Waals surface area contributed by atoms with Crippen molar-refractivity contribution in [2.75, 3.05) is 0 Å². The van der Waals surface area contributed by atoms with Crippen molar-refractivity contribution in [3.05, 3.63) is 119 Å². The van der Waals surface area contributed by atoms with Gasteiger partial charge in [0.05, 0.1) is 23.3 Å². The largest absolute Gasteiger partial charge is 0.434 e. The molecule has 2 aromatic heterocycles. The molecule has 2 unspecified atom stereocenters. The number of epoxide rings is 1. The highest BCUT2D eigenvalue weighted by Gasteiger charge is 2.47. The van der Waals surface area contributed by atoms with Gasteiger partial charge in [0.15, 0.2) is 5.58 Å². The Hall–Kier alpha value is -4.37. The van der Waals surface area contributed by atoms with E-state index in [2.05, 4.69) is 39.7 Å². The minimum atomic E-state index is -0.553. The Kier molecular flexibility index (Phi) is 8.84. The van der Waals surface area contributed by atoms with E-state index in [1.165, 1.54) is 5.56 Å². The van der Waals surface area contributed by atoms with Crippen LogP contribution >= 0.6 is 11.6 Å². The van der Waals surface area contributed by atoms with Gasteiger partial charge in [-0.25, -0.2) is 4.98 Å². The summed E-state index contributed by atoms with van der Waals surface area (Å²) in [6.45, 7) is 4.05. The zero-order valence-electron chi connectivity index (χ0n) is 24.4. The Bertz CT molecular complexity index is 1720. The topological polar surface area (TPSA) is 110 Å². The second-order valence-electron chi connectivity index (χ2n) is 11.0. The minimum Gasteiger partial charge on any atom is -0.434 e. The predicted octanol–water partition coefficient (Wildman–Crippen LogP) is 6.81. The number of oxazole rings is 1. The molecule has 224 valence electrons. The fourth-order valence-electron chi connectivity index (χ4n) is 5.45. The van der Waals surface area contributed by atoms with Crippen LogP contribution in [-0.4, -0.2) is 46.1 Å². The summed E-state index contributed by atoms with van der Waals surface area (Å²) in [6.07, 6.45) is 1.97. The van der Waals surface area contributed by atoms with Gasteiger partial charge in [-0.1, -0.05) is 86.1 Å². The molecule has 0 saturated carbocycles. The third-order valence-electron chi connectivity index (χ3n) is 7.99. The van der Waals surface area contributed by atoms with Crippen molar-refractivity contribution < 1.29 is 18.7 Å². The van der Waals surface area contributed by atoms with Crippen LogP contribution < -0.4 is 10.6 Å². The Morgan fingerprint density at radius 3 is 2.43 bits per heavy atom. The first-order valence-electron chi connectivity index (χ1n) is 14.8. The van der Waals surface area contributed by atoms with Crippen LogP contribution in [0.1, 0.15) is 59.2 Å². The summed E-state index contributed by atoms with van der Waals surface area (Å²) in [5.74, 6) is -0.272. The van der Waals surface area contributed by atoms with Crippen LogP contribution in [0, 0.1) is 0 Å². The van der Waals surface area contributed by atoms with E-state index in [-0.39, 0.29) is 35.6 Å². The van der Waals surface area contributed by atoms with Gasteiger partial charge in [0.2, 0.25) is 5.78 Å². The van der Waals surface area contributed by atoms with Gasteiger partial charge >= 0.3 is 0 Å². The number of amides is 1. The molecule has 8 nitrogen and oxygen atoms in total. The monoisotopic (exact) mass is 608 g/mol. The first-order chi connectivity index (χ1) is 21.4. The maximum Gasteiger partial charge on any atom is 0.265 e. The number of carbonyl (C=O) groups excluding carboxylic acids is 2. The van der Waals surface area contributed by atoms with Crippen LogP contribution in [0.3, 0.4) is 0 Å². The number of aromatic nitrogens is 2. The molecule has 3 aromatic carbocycles. The lowest BCUT2D eigenvalue weighted by molar-refractivity contribution is 0.0897. The fraction of sp³-hybridized carbons (Fsp3) is 0.257. The summed E-state index contributed by atoms with van der Waals surface area (Å²) < 4.78 is 11.8. The minimum absolute atomic E-state index is 0.0676. The van der Waals surface area contributed by atoms with Crippen molar-refractivity contribution >= 4 is 34.4 Å². The van der Waals surface area contributed by atoms with Gasteiger partial charge in [-0.15, -0.1) is 0 Å². The molecule has 3 heterocycles. The van der Waals surface area contributed by atoms with Crippen LogP contribution in [0.25, 0.3) is 22.4 Å². The molecule has 1 fully saturated rings. The van der Waals surface area contributed by atoms with Gasteiger partial charge in [-0.3, -0.25) is 19.9 Å². The third kappa shape index (κ3) is 6.58. The summed E-state index contributed by atoms with van der Waals surface area (Å²) >= 11 is 6.33. The Morgan fingerprint density at radius 1 is 0.955 bits per heavy atom. The number of ether oxygens (including phenoxy) is 1. The number of halogens is 1. The molecule has 0 aliphatic carbocycles. The molecule has 2 N–H and O–H groups in total. The van der Waals surface area contributed by atoms with Crippen LogP contribution in [0.4, 0.5) is 0 Å². The molecule has 1 aliphatic rings. The molecule has 44 heavy (non-hydrogen) atoms. The normalized spacial score (nSPS) is 18.0. The molecule has 1 saturated heterocycles.